The van der Waals surface area contributed by atoms with Gasteiger partial charge in [-0.3, -0.25) is 4.79 Å². The van der Waals surface area contributed by atoms with Gasteiger partial charge in [-0.25, -0.2) is 14.2 Å². The number of hydrogen-bond donors (Lipinski definition) is 2. The Hall–Kier alpha value is -3.18. The third kappa shape index (κ3) is 5.40. The second-order valence-electron chi connectivity index (χ2n) is 8.26. The maximum atomic E-state index is 14.1. The fourth-order valence-corrected chi connectivity index (χ4v) is 4.34. The number of likely N-dealkylation sites (tertiary alicyclic amines) is 1. The summed E-state index contributed by atoms with van der Waals surface area (Å²) in [5, 5.41) is 0.477. The summed E-state index contributed by atoms with van der Waals surface area (Å²) in [6, 6.07) is 8.47. The number of carbonyl (C=O) groups excluding carboxylic acids is 2. The average molecular weight is 513 g/mol. The van der Waals surface area contributed by atoms with Gasteiger partial charge in [0.15, 0.2) is 6.10 Å². The van der Waals surface area contributed by atoms with Crippen LogP contribution >= 0.6 is 11.6 Å². The van der Waals surface area contributed by atoms with Gasteiger partial charge in [0, 0.05) is 11.6 Å². The minimum Gasteiger partial charge on any atom is -0.444 e. The molecule has 2 aromatic carbocycles. The highest BCUT2D eigenvalue weighted by Crippen LogP contribution is 2.33. The van der Waals surface area contributed by atoms with Crippen molar-refractivity contribution in [1.82, 2.24) is 14.9 Å². The number of aromatic nitrogens is 2. The fraction of sp³-hybridized carbons (Fsp3) is 0.348. The van der Waals surface area contributed by atoms with Crippen LogP contribution in [0.4, 0.5) is 17.6 Å². The topological polar surface area (TPSA) is 101 Å². The summed E-state index contributed by atoms with van der Waals surface area (Å²) in [5.74, 6) is -3.69. The molecule has 4 rings (SSSR count). The van der Waals surface area contributed by atoms with Crippen LogP contribution in [-0.2, 0) is 20.7 Å². The second-order valence-corrected chi connectivity index (χ2v) is 8.69. The lowest BCUT2D eigenvalue weighted by molar-refractivity contribution is -0.207. The van der Waals surface area contributed by atoms with Crippen molar-refractivity contribution in [1.29, 1.82) is 0 Å². The number of esters is 1. The van der Waals surface area contributed by atoms with E-state index < -0.39 is 42.1 Å². The van der Waals surface area contributed by atoms with Gasteiger partial charge in [0.05, 0.1) is 23.1 Å². The number of amides is 1. The van der Waals surface area contributed by atoms with E-state index in [-0.39, 0.29) is 18.5 Å². The average Bonchev–Trinajstić information content (AvgIpc) is 3.44. The Balaban J connectivity index is 1.62. The lowest BCUT2D eigenvalue weighted by Gasteiger charge is -2.30. The molecule has 0 bridgehead atoms. The molecular weight excluding hydrogens is 492 g/mol. The first kappa shape index (κ1) is 24.9. The number of carbonyl (C=O) groups is 2. The lowest BCUT2D eigenvalue weighted by Crippen LogP contribution is -2.52. The molecule has 3 aromatic rings. The molecule has 186 valence electrons. The van der Waals surface area contributed by atoms with Gasteiger partial charge in [0.25, 0.3) is 5.91 Å². The maximum Gasteiger partial charge on any atom is 0.490 e. The summed E-state index contributed by atoms with van der Waals surface area (Å²) in [6.07, 6.45) is -6.63. The number of nitrogens with one attached hydrogen (secondary N) is 1. The zero-order chi connectivity index (χ0) is 25.3. The van der Waals surface area contributed by atoms with E-state index in [0.29, 0.717) is 34.7 Å². The van der Waals surface area contributed by atoms with Gasteiger partial charge in [0.2, 0.25) is 0 Å². The van der Waals surface area contributed by atoms with Gasteiger partial charge in [-0.15, -0.1) is 0 Å². The van der Waals surface area contributed by atoms with Crippen LogP contribution in [0.5, 0.6) is 0 Å². The number of H-pyrrole nitrogens is 1. The van der Waals surface area contributed by atoms with Crippen molar-refractivity contribution in [3.63, 3.8) is 0 Å². The van der Waals surface area contributed by atoms with Gasteiger partial charge in [-0.05, 0) is 49.1 Å². The summed E-state index contributed by atoms with van der Waals surface area (Å²) >= 11 is 6.01. The van der Waals surface area contributed by atoms with E-state index in [0.717, 1.165) is 6.07 Å². The zero-order valence-electron chi connectivity index (χ0n) is 18.2. The molecule has 12 heteroatoms. The molecule has 1 aliphatic heterocycles. The van der Waals surface area contributed by atoms with Crippen LogP contribution in [0.15, 0.2) is 42.5 Å². The predicted octanol–water partition coefficient (Wildman–Crippen LogP) is 4.06. The third-order valence-corrected chi connectivity index (χ3v) is 6.06. The number of fused-ring (bicyclic) bond motifs is 1. The highest BCUT2D eigenvalue weighted by Gasteiger charge is 2.46. The van der Waals surface area contributed by atoms with Crippen LogP contribution in [0.25, 0.3) is 11.0 Å². The lowest BCUT2D eigenvalue weighted by atomic mass is 10.00. The molecule has 0 aliphatic carbocycles. The molecule has 1 fully saturated rings. The number of imidazole rings is 1. The number of halogens is 5. The van der Waals surface area contributed by atoms with Crippen LogP contribution in [0.3, 0.4) is 0 Å². The Kier molecular flexibility index (Phi) is 7.00. The molecule has 3 atom stereocenters. The van der Waals surface area contributed by atoms with Crippen LogP contribution in [-0.4, -0.2) is 51.6 Å². The van der Waals surface area contributed by atoms with Crippen LogP contribution in [0.1, 0.15) is 30.3 Å². The summed E-state index contributed by atoms with van der Waals surface area (Å²) in [4.78, 5) is 33.9. The summed E-state index contributed by atoms with van der Waals surface area (Å²) in [6.45, 7) is 0.188. The van der Waals surface area contributed by atoms with E-state index in [9.17, 15) is 27.2 Å². The Morgan fingerprint density at radius 2 is 2.00 bits per heavy atom. The van der Waals surface area contributed by atoms with Crippen molar-refractivity contribution in [2.75, 3.05) is 6.54 Å². The normalized spacial score (nSPS) is 18.0. The Labute approximate surface area is 202 Å². The standard InChI is InChI=1S/C23H21ClF4N4O3/c24-13-7-8-16-17(11-13)31-20(30-16)18-6-3-9-32(18)21(33)19(35-22(34)23(26,27)28)15(29)10-12-4-1-2-5-14(12)25/h1-2,4-5,7-8,11,15,18-19H,3,6,9-10,29H2,(H,30,31)/t15-,18+,19?/m1/s1. The van der Waals surface area contributed by atoms with Crippen molar-refractivity contribution >= 4 is 34.5 Å². The number of ether oxygens (including phenoxy) is 1. The van der Waals surface area contributed by atoms with Crippen molar-refractivity contribution < 1.29 is 31.9 Å². The molecule has 3 N–H and O–H groups in total. The molecule has 7 nitrogen and oxygen atoms in total. The molecule has 1 unspecified atom stereocenters. The van der Waals surface area contributed by atoms with Crippen LogP contribution < -0.4 is 5.73 Å². The Bertz CT molecular complexity index is 1250. The molecule has 35 heavy (non-hydrogen) atoms. The molecule has 1 saturated heterocycles. The summed E-state index contributed by atoms with van der Waals surface area (Å²) in [5.41, 5.74) is 7.35. The van der Waals surface area contributed by atoms with Gasteiger partial charge in [-0.2, -0.15) is 13.2 Å². The number of alkyl halides is 3. The molecule has 0 saturated carbocycles. The Morgan fingerprint density at radius 1 is 1.26 bits per heavy atom. The highest BCUT2D eigenvalue weighted by molar-refractivity contribution is 6.31. The summed E-state index contributed by atoms with van der Waals surface area (Å²) in [7, 11) is 0. The van der Waals surface area contributed by atoms with E-state index in [2.05, 4.69) is 14.7 Å². The van der Waals surface area contributed by atoms with E-state index >= 15 is 0 Å². The first-order chi connectivity index (χ1) is 16.5. The SMILES string of the molecule is N[C@H](Cc1ccccc1F)C(OC(=O)C(F)(F)F)C(=O)N1CCC[C@H]1c1nc2ccc(Cl)cc2[nH]1. The monoisotopic (exact) mass is 512 g/mol. The number of nitrogens with two attached hydrogens (primary N) is 1. The first-order valence-electron chi connectivity index (χ1n) is 10.8. The van der Waals surface area contributed by atoms with Gasteiger partial charge in [0.1, 0.15) is 11.6 Å². The number of nitrogens with zero attached hydrogens (tertiary/aromatic N) is 2. The largest absolute Gasteiger partial charge is 0.490 e. The maximum absolute atomic E-state index is 14.1. The van der Waals surface area contributed by atoms with Gasteiger partial charge >= 0.3 is 12.1 Å². The molecule has 1 amide bonds. The van der Waals surface area contributed by atoms with E-state index in [1.165, 1.54) is 23.1 Å². The van der Waals surface area contributed by atoms with Gasteiger partial charge < -0.3 is 20.4 Å². The fourth-order valence-electron chi connectivity index (χ4n) is 4.17. The van der Waals surface area contributed by atoms with E-state index in [1.54, 1.807) is 18.2 Å². The van der Waals surface area contributed by atoms with E-state index in [4.69, 9.17) is 17.3 Å². The first-order valence-corrected chi connectivity index (χ1v) is 11.1. The highest BCUT2D eigenvalue weighted by atomic mass is 35.5. The zero-order valence-corrected chi connectivity index (χ0v) is 18.9. The molecule has 1 aromatic heterocycles. The second kappa shape index (κ2) is 9.82. The van der Waals surface area contributed by atoms with Crippen LogP contribution in [0.2, 0.25) is 5.02 Å². The number of aromatic amines is 1. The number of benzene rings is 2. The van der Waals surface area contributed by atoms with Crippen LogP contribution in [0, 0.1) is 5.82 Å². The van der Waals surface area contributed by atoms with Crippen molar-refractivity contribution in [3.05, 3.63) is 64.7 Å². The molecular formula is C23H21ClF4N4O3. The van der Waals surface area contributed by atoms with E-state index in [1.807, 2.05) is 0 Å². The Morgan fingerprint density at radius 3 is 2.71 bits per heavy atom. The van der Waals surface area contributed by atoms with Gasteiger partial charge in [-0.1, -0.05) is 29.8 Å². The molecule has 0 radical (unpaired) electrons. The predicted molar refractivity (Wildman–Crippen MR) is 119 cm³/mol. The number of hydrogen-bond acceptors (Lipinski definition) is 5. The molecule has 0 spiro atoms. The van der Waals surface area contributed by atoms with Crippen molar-refractivity contribution in [3.8, 4) is 0 Å². The quantitative estimate of drug-likeness (QED) is 0.383. The molecule has 2 heterocycles. The molecule has 1 aliphatic rings. The number of rotatable bonds is 6. The van der Waals surface area contributed by atoms with Crippen molar-refractivity contribution in [2.45, 2.75) is 43.6 Å². The minimum atomic E-state index is -5.33. The summed E-state index contributed by atoms with van der Waals surface area (Å²) < 4.78 is 57.6. The third-order valence-electron chi connectivity index (χ3n) is 5.82. The minimum absolute atomic E-state index is 0.0768. The smallest absolute Gasteiger partial charge is 0.444 e. The van der Waals surface area contributed by atoms with Crippen molar-refractivity contribution in [2.24, 2.45) is 5.73 Å².